The van der Waals surface area contributed by atoms with Gasteiger partial charge in [-0.1, -0.05) is 42.0 Å². The first kappa shape index (κ1) is 22.5. The van der Waals surface area contributed by atoms with Crippen molar-refractivity contribution in [1.29, 1.82) is 0 Å². The molecule has 0 unspecified atom stereocenters. The van der Waals surface area contributed by atoms with Gasteiger partial charge in [-0.2, -0.15) is 4.31 Å². The molecule has 0 atom stereocenters. The molecule has 1 heterocycles. The Morgan fingerprint density at radius 1 is 1.10 bits per heavy atom. The fraction of sp³-hybridized carbons (Fsp3) is 0.435. The van der Waals surface area contributed by atoms with Gasteiger partial charge in [-0.25, -0.2) is 8.42 Å². The average molecular weight is 431 g/mol. The van der Waals surface area contributed by atoms with Crippen LogP contribution in [-0.4, -0.2) is 38.8 Å². The predicted molar refractivity (Wildman–Crippen MR) is 116 cm³/mol. The maximum atomic E-state index is 13.0. The van der Waals surface area contributed by atoms with Crippen molar-refractivity contribution in [2.45, 2.75) is 44.7 Å². The van der Waals surface area contributed by atoms with Crippen molar-refractivity contribution in [1.82, 2.24) is 9.62 Å². The number of rotatable bonds is 7. The van der Waals surface area contributed by atoms with Gasteiger partial charge in [-0.15, -0.1) is 0 Å². The summed E-state index contributed by atoms with van der Waals surface area (Å²) in [5.41, 5.74) is 3.88. The molecule has 0 radical (unpaired) electrons. The van der Waals surface area contributed by atoms with Crippen LogP contribution in [0.4, 0.5) is 0 Å². The van der Waals surface area contributed by atoms with E-state index in [1.807, 2.05) is 50.2 Å². The minimum Gasteiger partial charge on any atom is -0.380 e. The second-order valence-electron chi connectivity index (χ2n) is 7.92. The van der Waals surface area contributed by atoms with Crippen molar-refractivity contribution in [2.75, 3.05) is 20.2 Å². The van der Waals surface area contributed by atoms with E-state index < -0.39 is 10.0 Å². The molecular formula is C23H30N2O4S. The lowest BCUT2D eigenvalue weighted by Crippen LogP contribution is -2.43. The van der Waals surface area contributed by atoms with Gasteiger partial charge in [0.1, 0.15) is 0 Å². The zero-order valence-electron chi connectivity index (χ0n) is 17.8. The highest BCUT2D eigenvalue weighted by molar-refractivity contribution is 7.89. The van der Waals surface area contributed by atoms with Gasteiger partial charge in [-0.05, 0) is 49.4 Å². The van der Waals surface area contributed by atoms with E-state index in [0.29, 0.717) is 44.0 Å². The number of ether oxygens (including phenoxy) is 1. The third-order valence-electron chi connectivity index (χ3n) is 5.54. The van der Waals surface area contributed by atoms with E-state index in [2.05, 4.69) is 5.32 Å². The van der Waals surface area contributed by atoms with Crippen LogP contribution in [-0.2, 0) is 32.7 Å². The van der Waals surface area contributed by atoms with Crippen molar-refractivity contribution in [2.24, 2.45) is 5.92 Å². The minimum absolute atomic E-state index is 0.0179. The normalized spacial score (nSPS) is 15.8. The topological polar surface area (TPSA) is 75.7 Å². The highest BCUT2D eigenvalue weighted by atomic mass is 32.2. The molecule has 0 spiro atoms. The molecule has 0 saturated carbocycles. The quantitative estimate of drug-likeness (QED) is 0.732. The van der Waals surface area contributed by atoms with Crippen LogP contribution in [0.3, 0.4) is 0 Å². The molecule has 1 aliphatic rings. The fourth-order valence-electron chi connectivity index (χ4n) is 3.92. The maximum Gasteiger partial charge on any atom is 0.243 e. The highest BCUT2D eigenvalue weighted by Crippen LogP contribution is 2.26. The summed E-state index contributed by atoms with van der Waals surface area (Å²) in [4.78, 5) is 12.9. The standard InChI is InChI=1S/C23H30N2O4S/c1-17-7-8-22(18(2)13-17)30(27,28)25-11-9-21(10-12-25)23(26)24-15-19-5-4-6-20(14-19)16-29-3/h4-8,13-14,21H,9-12,15-16H2,1-3H3,(H,24,26). The maximum absolute atomic E-state index is 13.0. The van der Waals surface area contributed by atoms with Crippen molar-refractivity contribution >= 4 is 15.9 Å². The van der Waals surface area contributed by atoms with Crippen LogP contribution < -0.4 is 5.32 Å². The lowest BCUT2D eigenvalue weighted by atomic mass is 9.97. The summed E-state index contributed by atoms with van der Waals surface area (Å²) in [6.07, 6.45) is 1.05. The Morgan fingerprint density at radius 2 is 1.80 bits per heavy atom. The Kier molecular flexibility index (Phi) is 7.28. The van der Waals surface area contributed by atoms with Crippen LogP contribution in [0.15, 0.2) is 47.4 Å². The smallest absolute Gasteiger partial charge is 0.243 e. The van der Waals surface area contributed by atoms with Gasteiger partial charge in [0.2, 0.25) is 15.9 Å². The third-order valence-corrected chi connectivity index (χ3v) is 7.60. The van der Waals surface area contributed by atoms with Crippen LogP contribution >= 0.6 is 0 Å². The molecule has 2 aromatic carbocycles. The predicted octanol–water partition coefficient (Wildman–Crippen LogP) is 3.17. The van der Waals surface area contributed by atoms with Gasteiger partial charge in [-0.3, -0.25) is 4.79 Å². The molecule has 0 aromatic heterocycles. The molecule has 7 heteroatoms. The van der Waals surface area contributed by atoms with E-state index in [9.17, 15) is 13.2 Å². The zero-order chi connectivity index (χ0) is 21.7. The minimum atomic E-state index is -3.53. The Labute approximate surface area is 179 Å². The van der Waals surface area contributed by atoms with Crippen molar-refractivity contribution in [3.05, 3.63) is 64.7 Å². The van der Waals surface area contributed by atoms with Crippen LogP contribution in [0.5, 0.6) is 0 Å². The third kappa shape index (κ3) is 5.28. The SMILES string of the molecule is COCc1cccc(CNC(=O)C2CCN(S(=O)(=O)c3ccc(C)cc3C)CC2)c1. The van der Waals surface area contributed by atoms with Crippen molar-refractivity contribution < 1.29 is 17.9 Å². The van der Waals surface area contributed by atoms with E-state index in [1.165, 1.54) is 4.31 Å². The Balaban J connectivity index is 1.56. The summed E-state index contributed by atoms with van der Waals surface area (Å²) in [6, 6.07) is 13.3. The summed E-state index contributed by atoms with van der Waals surface area (Å²) < 4.78 is 32.7. The number of aryl methyl sites for hydroxylation is 2. The molecule has 6 nitrogen and oxygen atoms in total. The molecule has 1 amide bonds. The van der Waals surface area contributed by atoms with Crippen LogP contribution in [0, 0.1) is 19.8 Å². The van der Waals surface area contributed by atoms with Gasteiger partial charge in [0.15, 0.2) is 0 Å². The van der Waals surface area contributed by atoms with Crippen molar-refractivity contribution in [3.63, 3.8) is 0 Å². The van der Waals surface area contributed by atoms with Gasteiger partial charge < -0.3 is 10.1 Å². The zero-order valence-corrected chi connectivity index (χ0v) is 18.7. The second kappa shape index (κ2) is 9.73. The number of carbonyl (C=O) groups excluding carboxylic acids is 1. The molecular weight excluding hydrogens is 400 g/mol. The first-order valence-corrected chi connectivity index (χ1v) is 11.7. The molecule has 3 rings (SSSR count). The molecule has 162 valence electrons. The first-order chi connectivity index (χ1) is 14.3. The van der Waals surface area contributed by atoms with Gasteiger partial charge in [0.05, 0.1) is 11.5 Å². The Morgan fingerprint density at radius 3 is 2.47 bits per heavy atom. The summed E-state index contributed by atoms with van der Waals surface area (Å²) >= 11 is 0. The van der Waals surface area contributed by atoms with Gasteiger partial charge in [0.25, 0.3) is 0 Å². The number of methoxy groups -OCH3 is 1. The summed E-state index contributed by atoms with van der Waals surface area (Å²) in [5, 5.41) is 2.99. The van der Waals surface area contributed by atoms with Crippen LogP contribution in [0.1, 0.15) is 35.1 Å². The second-order valence-corrected chi connectivity index (χ2v) is 9.82. The van der Waals surface area contributed by atoms with E-state index in [4.69, 9.17) is 4.74 Å². The highest BCUT2D eigenvalue weighted by Gasteiger charge is 2.32. The lowest BCUT2D eigenvalue weighted by molar-refractivity contribution is -0.126. The molecule has 1 aliphatic heterocycles. The average Bonchev–Trinajstić information content (AvgIpc) is 2.72. The van der Waals surface area contributed by atoms with E-state index in [0.717, 1.165) is 22.3 Å². The van der Waals surface area contributed by atoms with E-state index in [1.54, 1.807) is 13.2 Å². The largest absolute Gasteiger partial charge is 0.380 e. The summed E-state index contributed by atoms with van der Waals surface area (Å²) in [7, 11) is -1.88. The Hall–Kier alpha value is -2.22. The Bertz CT molecular complexity index is 996. The van der Waals surface area contributed by atoms with Gasteiger partial charge in [0, 0.05) is 32.7 Å². The van der Waals surface area contributed by atoms with E-state index >= 15 is 0 Å². The monoisotopic (exact) mass is 430 g/mol. The number of hydrogen-bond acceptors (Lipinski definition) is 4. The molecule has 0 bridgehead atoms. The number of nitrogens with zero attached hydrogens (tertiary/aromatic N) is 1. The summed E-state index contributed by atoms with van der Waals surface area (Å²) in [5.74, 6) is -0.187. The molecule has 30 heavy (non-hydrogen) atoms. The number of amides is 1. The summed E-state index contributed by atoms with van der Waals surface area (Å²) in [6.45, 7) is 5.48. The molecule has 0 aliphatic carbocycles. The number of nitrogens with one attached hydrogen (secondary N) is 1. The first-order valence-electron chi connectivity index (χ1n) is 10.2. The fourth-order valence-corrected chi connectivity index (χ4v) is 5.59. The molecule has 1 N–H and O–H groups in total. The van der Waals surface area contributed by atoms with Crippen molar-refractivity contribution in [3.8, 4) is 0 Å². The number of hydrogen-bond donors (Lipinski definition) is 1. The number of benzene rings is 2. The van der Waals surface area contributed by atoms with Crippen LogP contribution in [0.25, 0.3) is 0 Å². The van der Waals surface area contributed by atoms with Crippen LogP contribution in [0.2, 0.25) is 0 Å². The molecule has 2 aromatic rings. The number of sulfonamides is 1. The molecule has 1 saturated heterocycles. The van der Waals surface area contributed by atoms with Gasteiger partial charge >= 0.3 is 0 Å². The lowest BCUT2D eigenvalue weighted by Gasteiger charge is -2.31. The molecule has 1 fully saturated rings. The number of piperidine rings is 1. The number of carbonyl (C=O) groups is 1. The van der Waals surface area contributed by atoms with E-state index in [-0.39, 0.29) is 11.8 Å².